The summed E-state index contributed by atoms with van der Waals surface area (Å²) >= 11 is 1.60. The number of para-hydroxylation sites is 2. The summed E-state index contributed by atoms with van der Waals surface area (Å²) in [4.78, 5) is 24.5. The van der Waals surface area contributed by atoms with Gasteiger partial charge in [0, 0.05) is 11.5 Å². The molecule has 0 saturated carbocycles. The molecular formula is C20H22N2O4S. The maximum Gasteiger partial charge on any atom is 0.313 e. The van der Waals surface area contributed by atoms with Gasteiger partial charge < -0.3 is 20.5 Å². The zero-order valence-electron chi connectivity index (χ0n) is 15.0. The molecule has 0 aromatic heterocycles. The van der Waals surface area contributed by atoms with Crippen molar-refractivity contribution in [3.63, 3.8) is 0 Å². The number of nitrogens with one attached hydrogen (secondary N) is 2. The zero-order chi connectivity index (χ0) is 19.3. The Bertz CT molecular complexity index is 842. The minimum absolute atomic E-state index is 0.0314. The van der Waals surface area contributed by atoms with Crippen molar-refractivity contribution in [1.82, 2.24) is 5.32 Å². The molecule has 27 heavy (non-hydrogen) atoms. The number of carbonyl (C=O) groups excluding carboxylic acids is 2. The second-order valence-corrected chi connectivity index (χ2v) is 7.23. The molecular weight excluding hydrogens is 364 g/mol. The quantitative estimate of drug-likeness (QED) is 0.686. The molecule has 3 rings (SSSR count). The van der Waals surface area contributed by atoms with Crippen molar-refractivity contribution in [2.45, 2.75) is 18.3 Å². The fraction of sp³-hybridized carbons (Fsp3) is 0.300. The SMILES string of the molecule is CCOc1ccccc1NC(=O)C(=O)NCC1(O)CSCc2ccccc21. The van der Waals surface area contributed by atoms with Crippen LogP contribution >= 0.6 is 11.8 Å². The number of amides is 2. The Kier molecular flexibility index (Phi) is 6.03. The minimum Gasteiger partial charge on any atom is -0.492 e. The highest BCUT2D eigenvalue weighted by Gasteiger charge is 2.35. The van der Waals surface area contributed by atoms with Crippen molar-refractivity contribution < 1.29 is 19.4 Å². The number of benzene rings is 2. The number of ether oxygens (including phenoxy) is 1. The first-order valence-corrected chi connectivity index (χ1v) is 9.88. The predicted octanol–water partition coefficient (Wildman–Crippen LogP) is 2.27. The van der Waals surface area contributed by atoms with Crippen LogP contribution in [0.4, 0.5) is 5.69 Å². The third kappa shape index (κ3) is 4.43. The summed E-state index contributed by atoms with van der Waals surface area (Å²) in [5.74, 6) is 0.169. The molecule has 1 aliphatic heterocycles. The summed E-state index contributed by atoms with van der Waals surface area (Å²) in [6.07, 6.45) is 0. The van der Waals surface area contributed by atoms with E-state index in [1.165, 1.54) is 0 Å². The van der Waals surface area contributed by atoms with Crippen LogP contribution in [0, 0.1) is 0 Å². The molecule has 1 atom stereocenters. The lowest BCUT2D eigenvalue weighted by atomic mass is 9.91. The van der Waals surface area contributed by atoms with Crippen LogP contribution in [0.3, 0.4) is 0 Å². The average Bonchev–Trinajstić information content (AvgIpc) is 2.68. The van der Waals surface area contributed by atoms with Crippen LogP contribution < -0.4 is 15.4 Å². The molecule has 2 aromatic carbocycles. The Labute approximate surface area is 162 Å². The van der Waals surface area contributed by atoms with E-state index in [2.05, 4.69) is 10.6 Å². The number of fused-ring (bicyclic) bond motifs is 1. The van der Waals surface area contributed by atoms with Crippen molar-refractivity contribution >= 4 is 29.3 Å². The normalized spacial score (nSPS) is 18.3. The van der Waals surface area contributed by atoms with Gasteiger partial charge in [0.15, 0.2) is 0 Å². The van der Waals surface area contributed by atoms with Crippen LogP contribution in [0.2, 0.25) is 0 Å². The molecule has 0 radical (unpaired) electrons. The number of carbonyl (C=O) groups is 2. The van der Waals surface area contributed by atoms with Gasteiger partial charge in [-0.3, -0.25) is 9.59 Å². The molecule has 0 saturated heterocycles. The molecule has 0 fully saturated rings. The van der Waals surface area contributed by atoms with E-state index in [4.69, 9.17) is 4.74 Å². The smallest absolute Gasteiger partial charge is 0.313 e. The van der Waals surface area contributed by atoms with E-state index in [0.717, 1.165) is 16.9 Å². The number of hydrogen-bond acceptors (Lipinski definition) is 5. The summed E-state index contributed by atoms with van der Waals surface area (Å²) in [6.45, 7) is 2.26. The van der Waals surface area contributed by atoms with Gasteiger partial charge in [-0.25, -0.2) is 0 Å². The molecule has 1 unspecified atom stereocenters. The Morgan fingerprint density at radius 1 is 1.15 bits per heavy atom. The van der Waals surface area contributed by atoms with E-state index in [9.17, 15) is 14.7 Å². The zero-order valence-corrected chi connectivity index (χ0v) is 15.8. The number of thioether (sulfide) groups is 1. The summed E-state index contributed by atoms with van der Waals surface area (Å²) in [7, 11) is 0. The first-order valence-electron chi connectivity index (χ1n) is 8.73. The molecule has 0 spiro atoms. The van der Waals surface area contributed by atoms with Crippen molar-refractivity contribution in [2.24, 2.45) is 0 Å². The molecule has 0 bridgehead atoms. The summed E-state index contributed by atoms with van der Waals surface area (Å²) in [6, 6.07) is 14.5. The lowest BCUT2D eigenvalue weighted by Crippen LogP contribution is -2.47. The van der Waals surface area contributed by atoms with Crippen molar-refractivity contribution in [3.05, 3.63) is 59.7 Å². The molecule has 1 aliphatic rings. The summed E-state index contributed by atoms with van der Waals surface area (Å²) in [5, 5.41) is 16.1. The summed E-state index contributed by atoms with van der Waals surface area (Å²) in [5.41, 5.74) is 1.07. The maximum atomic E-state index is 12.2. The molecule has 6 nitrogen and oxygen atoms in total. The van der Waals surface area contributed by atoms with E-state index < -0.39 is 17.4 Å². The van der Waals surface area contributed by atoms with Gasteiger partial charge in [-0.05, 0) is 30.2 Å². The molecule has 142 valence electrons. The standard InChI is InChI=1S/C20H22N2O4S/c1-2-26-17-10-6-5-9-16(17)22-19(24)18(23)21-12-20(25)13-27-11-14-7-3-4-8-15(14)20/h3-10,25H,2,11-13H2,1H3,(H,21,23)(H,22,24). The number of rotatable bonds is 5. The van der Waals surface area contributed by atoms with Gasteiger partial charge in [-0.2, -0.15) is 11.8 Å². The lowest BCUT2D eigenvalue weighted by molar-refractivity contribution is -0.136. The highest BCUT2D eigenvalue weighted by atomic mass is 32.2. The molecule has 2 amide bonds. The number of aliphatic hydroxyl groups is 1. The Morgan fingerprint density at radius 2 is 1.89 bits per heavy atom. The van der Waals surface area contributed by atoms with Gasteiger partial charge in [0.05, 0.1) is 18.8 Å². The van der Waals surface area contributed by atoms with Crippen molar-refractivity contribution in [3.8, 4) is 5.75 Å². The van der Waals surface area contributed by atoms with Gasteiger partial charge in [0.25, 0.3) is 0 Å². The maximum absolute atomic E-state index is 12.2. The molecule has 0 aliphatic carbocycles. The van der Waals surface area contributed by atoms with E-state index in [0.29, 0.717) is 23.8 Å². The minimum atomic E-state index is -1.20. The van der Waals surface area contributed by atoms with Crippen molar-refractivity contribution in [2.75, 3.05) is 24.2 Å². The van der Waals surface area contributed by atoms with Crippen LogP contribution in [0.5, 0.6) is 5.75 Å². The first kappa shape index (κ1) is 19.3. The van der Waals surface area contributed by atoms with E-state index in [1.54, 1.807) is 36.0 Å². The van der Waals surface area contributed by atoms with Crippen molar-refractivity contribution in [1.29, 1.82) is 0 Å². The van der Waals surface area contributed by atoms with Crippen LogP contribution in [0.15, 0.2) is 48.5 Å². The van der Waals surface area contributed by atoms with E-state index in [1.807, 2.05) is 31.2 Å². The van der Waals surface area contributed by atoms with Gasteiger partial charge in [-0.15, -0.1) is 0 Å². The Balaban J connectivity index is 1.64. The molecule has 7 heteroatoms. The topological polar surface area (TPSA) is 87.7 Å². The third-order valence-corrected chi connectivity index (χ3v) is 5.50. The van der Waals surface area contributed by atoms with Crippen LogP contribution in [0.25, 0.3) is 0 Å². The fourth-order valence-corrected chi connectivity index (χ4v) is 4.16. The molecule has 3 N–H and O–H groups in total. The molecule has 2 aromatic rings. The summed E-state index contributed by atoms with van der Waals surface area (Å²) < 4.78 is 5.44. The van der Waals surface area contributed by atoms with Gasteiger partial charge in [-0.1, -0.05) is 36.4 Å². The van der Waals surface area contributed by atoms with Gasteiger partial charge in [0.1, 0.15) is 11.4 Å². The fourth-order valence-electron chi connectivity index (χ4n) is 2.99. The highest BCUT2D eigenvalue weighted by molar-refractivity contribution is 7.98. The highest BCUT2D eigenvalue weighted by Crippen LogP contribution is 2.35. The second-order valence-electron chi connectivity index (χ2n) is 6.25. The number of hydrogen-bond donors (Lipinski definition) is 3. The first-order chi connectivity index (χ1) is 13.0. The van der Waals surface area contributed by atoms with Crippen LogP contribution in [0.1, 0.15) is 18.1 Å². The van der Waals surface area contributed by atoms with Gasteiger partial charge >= 0.3 is 11.8 Å². The average molecular weight is 386 g/mol. The number of anilines is 1. The predicted molar refractivity (Wildman–Crippen MR) is 106 cm³/mol. The monoisotopic (exact) mass is 386 g/mol. The van der Waals surface area contributed by atoms with E-state index >= 15 is 0 Å². The Morgan fingerprint density at radius 3 is 2.70 bits per heavy atom. The van der Waals surface area contributed by atoms with Crippen LogP contribution in [-0.2, 0) is 20.9 Å². The lowest BCUT2D eigenvalue weighted by Gasteiger charge is -2.34. The second kappa shape index (κ2) is 8.45. The van der Waals surface area contributed by atoms with E-state index in [-0.39, 0.29) is 6.54 Å². The Hall–Kier alpha value is -2.51. The van der Waals surface area contributed by atoms with Crippen LogP contribution in [-0.4, -0.2) is 35.8 Å². The largest absolute Gasteiger partial charge is 0.492 e. The molecule has 1 heterocycles. The van der Waals surface area contributed by atoms with Gasteiger partial charge in [0.2, 0.25) is 0 Å². The third-order valence-electron chi connectivity index (χ3n) is 4.30.